The molecule has 0 bridgehead atoms. The number of aromatic nitrogens is 2. The van der Waals surface area contributed by atoms with Crippen molar-refractivity contribution in [2.75, 3.05) is 12.4 Å². The van der Waals surface area contributed by atoms with Crippen LogP contribution in [0.15, 0.2) is 53.5 Å². The van der Waals surface area contributed by atoms with Gasteiger partial charge in [-0.25, -0.2) is 13.8 Å². The van der Waals surface area contributed by atoms with E-state index in [1.165, 1.54) is 37.4 Å². The van der Waals surface area contributed by atoms with Crippen LogP contribution in [0.25, 0.3) is 11.4 Å². The molecule has 1 heterocycles. The number of halogens is 3. The molecule has 0 unspecified atom stereocenters. The fraction of sp³-hybridized carbons (Fsp3) is 0.100. The van der Waals surface area contributed by atoms with Crippen LogP contribution in [-0.4, -0.2) is 28.4 Å². The molecule has 0 aliphatic heterocycles. The SMILES string of the molecule is CNC(=O)c1cnc(-c2ccc(F)cc2)n(CC(=O)Nc2ccc(F)cc2Cl)c1=O. The highest BCUT2D eigenvalue weighted by atomic mass is 35.5. The van der Waals surface area contributed by atoms with Crippen molar-refractivity contribution in [2.24, 2.45) is 0 Å². The van der Waals surface area contributed by atoms with Gasteiger partial charge in [-0.3, -0.25) is 19.0 Å². The molecule has 0 saturated heterocycles. The maximum Gasteiger partial charge on any atom is 0.267 e. The number of carbonyl (C=O) groups is 2. The van der Waals surface area contributed by atoms with Gasteiger partial charge in [-0.2, -0.15) is 0 Å². The second kappa shape index (κ2) is 8.83. The van der Waals surface area contributed by atoms with Gasteiger partial charge in [-0.1, -0.05) is 11.6 Å². The van der Waals surface area contributed by atoms with E-state index < -0.39 is 35.6 Å². The smallest absolute Gasteiger partial charge is 0.267 e. The van der Waals surface area contributed by atoms with Crippen LogP contribution >= 0.6 is 11.6 Å². The van der Waals surface area contributed by atoms with E-state index in [4.69, 9.17) is 11.6 Å². The van der Waals surface area contributed by atoms with Crippen LogP contribution in [0.2, 0.25) is 5.02 Å². The quantitative estimate of drug-likeness (QED) is 0.648. The molecule has 0 fully saturated rings. The number of nitrogens with zero attached hydrogens (tertiary/aromatic N) is 2. The van der Waals surface area contributed by atoms with E-state index in [1.807, 2.05) is 0 Å². The Morgan fingerprint density at radius 2 is 1.77 bits per heavy atom. The van der Waals surface area contributed by atoms with E-state index in [2.05, 4.69) is 15.6 Å². The van der Waals surface area contributed by atoms with Gasteiger partial charge in [-0.15, -0.1) is 0 Å². The van der Waals surface area contributed by atoms with E-state index in [9.17, 15) is 23.2 Å². The van der Waals surface area contributed by atoms with Gasteiger partial charge in [0.05, 0.1) is 10.7 Å². The summed E-state index contributed by atoms with van der Waals surface area (Å²) in [6, 6.07) is 8.56. The number of hydrogen-bond donors (Lipinski definition) is 2. The summed E-state index contributed by atoms with van der Waals surface area (Å²) < 4.78 is 27.5. The van der Waals surface area contributed by atoms with E-state index in [0.29, 0.717) is 5.56 Å². The van der Waals surface area contributed by atoms with E-state index in [-0.39, 0.29) is 22.1 Å². The van der Waals surface area contributed by atoms with Crippen LogP contribution in [0.1, 0.15) is 10.4 Å². The van der Waals surface area contributed by atoms with Crippen LogP contribution in [0.3, 0.4) is 0 Å². The molecule has 0 aliphatic carbocycles. The molecule has 2 amide bonds. The Morgan fingerprint density at radius 1 is 1.10 bits per heavy atom. The number of nitrogens with one attached hydrogen (secondary N) is 2. The van der Waals surface area contributed by atoms with Crippen LogP contribution in [0.5, 0.6) is 0 Å². The second-order valence-electron chi connectivity index (χ2n) is 6.15. The third-order valence-electron chi connectivity index (χ3n) is 4.13. The molecule has 30 heavy (non-hydrogen) atoms. The third-order valence-corrected chi connectivity index (χ3v) is 4.44. The highest BCUT2D eigenvalue weighted by Gasteiger charge is 2.19. The highest BCUT2D eigenvalue weighted by molar-refractivity contribution is 6.33. The maximum atomic E-state index is 13.3. The Kier molecular flexibility index (Phi) is 6.22. The van der Waals surface area contributed by atoms with Gasteiger partial charge < -0.3 is 10.6 Å². The number of benzene rings is 2. The number of rotatable bonds is 5. The number of anilines is 1. The zero-order valence-corrected chi connectivity index (χ0v) is 16.3. The van der Waals surface area contributed by atoms with Crippen molar-refractivity contribution in [3.8, 4) is 11.4 Å². The first-order valence-electron chi connectivity index (χ1n) is 8.63. The Hall–Kier alpha value is -3.59. The average Bonchev–Trinajstić information content (AvgIpc) is 2.72. The van der Waals surface area contributed by atoms with E-state index in [1.54, 1.807) is 0 Å². The molecule has 10 heteroatoms. The molecule has 2 aromatic carbocycles. The Bertz CT molecular complexity index is 1180. The summed E-state index contributed by atoms with van der Waals surface area (Å²) in [5, 5.41) is 4.78. The molecule has 154 valence electrons. The van der Waals surface area contributed by atoms with E-state index in [0.717, 1.165) is 22.9 Å². The standard InChI is InChI=1S/C20H15ClF2N4O3/c1-24-19(29)14-9-25-18(11-2-4-12(22)5-3-11)27(20(14)30)10-17(28)26-16-7-6-13(23)8-15(16)21/h2-9H,10H2,1H3,(H,24,29)(H,26,28). The molecule has 3 aromatic rings. The molecule has 3 rings (SSSR count). The van der Waals surface area contributed by atoms with Gasteiger partial charge in [0.25, 0.3) is 11.5 Å². The molecule has 1 aromatic heterocycles. The van der Waals surface area contributed by atoms with Gasteiger partial charge in [-0.05, 0) is 42.5 Å². The molecular weight excluding hydrogens is 418 g/mol. The molecular formula is C20H15ClF2N4O3. The lowest BCUT2D eigenvalue weighted by Crippen LogP contribution is -2.35. The van der Waals surface area contributed by atoms with Crippen molar-refractivity contribution in [3.63, 3.8) is 0 Å². The minimum absolute atomic E-state index is 0.0216. The highest BCUT2D eigenvalue weighted by Crippen LogP contribution is 2.22. The zero-order valence-electron chi connectivity index (χ0n) is 15.6. The largest absolute Gasteiger partial charge is 0.355 e. The van der Waals surface area contributed by atoms with Crippen molar-refractivity contribution in [1.29, 1.82) is 0 Å². The van der Waals surface area contributed by atoms with Gasteiger partial charge in [0.15, 0.2) is 0 Å². The van der Waals surface area contributed by atoms with Crippen LogP contribution in [0.4, 0.5) is 14.5 Å². The van der Waals surface area contributed by atoms with Crippen molar-refractivity contribution in [3.05, 3.63) is 81.2 Å². The van der Waals surface area contributed by atoms with Gasteiger partial charge in [0.2, 0.25) is 5.91 Å². The first kappa shape index (κ1) is 21.1. The first-order chi connectivity index (χ1) is 14.3. The Balaban J connectivity index is 2.01. The average molecular weight is 433 g/mol. The normalized spacial score (nSPS) is 10.5. The summed E-state index contributed by atoms with van der Waals surface area (Å²) in [6.07, 6.45) is 1.09. The van der Waals surface area contributed by atoms with Crippen molar-refractivity contribution in [1.82, 2.24) is 14.9 Å². The molecule has 0 saturated carbocycles. The summed E-state index contributed by atoms with van der Waals surface area (Å²) >= 11 is 5.91. The minimum Gasteiger partial charge on any atom is -0.355 e. The first-order valence-corrected chi connectivity index (χ1v) is 9.00. The molecule has 0 spiro atoms. The number of carbonyl (C=O) groups excluding carboxylic acids is 2. The Morgan fingerprint density at radius 3 is 2.40 bits per heavy atom. The predicted molar refractivity (Wildman–Crippen MR) is 107 cm³/mol. The fourth-order valence-electron chi connectivity index (χ4n) is 2.68. The van der Waals surface area contributed by atoms with Crippen molar-refractivity contribution < 1.29 is 18.4 Å². The minimum atomic E-state index is -0.760. The molecule has 7 nitrogen and oxygen atoms in total. The van der Waals surface area contributed by atoms with Crippen molar-refractivity contribution >= 4 is 29.1 Å². The number of amides is 2. The second-order valence-corrected chi connectivity index (χ2v) is 6.55. The lowest BCUT2D eigenvalue weighted by atomic mass is 10.2. The van der Waals surface area contributed by atoms with E-state index >= 15 is 0 Å². The third kappa shape index (κ3) is 4.52. The van der Waals surface area contributed by atoms with Gasteiger partial charge in [0, 0.05) is 18.8 Å². The maximum absolute atomic E-state index is 13.3. The van der Waals surface area contributed by atoms with Crippen LogP contribution in [0, 0.1) is 11.6 Å². The van der Waals surface area contributed by atoms with Gasteiger partial charge >= 0.3 is 0 Å². The Labute approximate surface area is 174 Å². The lowest BCUT2D eigenvalue weighted by molar-refractivity contribution is -0.116. The zero-order chi connectivity index (χ0) is 21.8. The summed E-state index contributed by atoms with van der Waals surface area (Å²) in [6.45, 7) is -0.517. The lowest BCUT2D eigenvalue weighted by Gasteiger charge is -2.14. The predicted octanol–water partition coefficient (Wildman–Crippen LogP) is 2.84. The van der Waals surface area contributed by atoms with Crippen LogP contribution in [-0.2, 0) is 11.3 Å². The monoisotopic (exact) mass is 432 g/mol. The topological polar surface area (TPSA) is 93.1 Å². The molecule has 0 radical (unpaired) electrons. The number of hydrogen-bond acceptors (Lipinski definition) is 4. The summed E-state index contributed by atoms with van der Waals surface area (Å²) in [5.41, 5.74) is -0.514. The molecule has 0 aliphatic rings. The fourth-order valence-corrected chi connectivity index (χ4v) is 2.90. The molecule has 0 atom stereocenters. The summed E-state index contributed by atoms with van der Waals surface area (Å²) in [5.74, 6) is -2.33. The van der Waals surface area contributed by atoms with Gasteiger partial charge in [0.1, 0.15) is 29.6 Å². The van der Waals surface area contributed by atoms with Crippen LogP contribution < -0.4 is 16.2 Å². The summed E-state index contributed by atoms with van der Waals surface area (Å²) in [4.78, 5) is 41.5. The summed E-state index contributed by atoms with van der Waals surface area (Å²) in [7, 11) is 1.35. The molecule has 2 N–H and O–H groups in total. The van der Waals surface area contributed by atoms with Crippen molar-refractivity contribution in [2.45, 2.75) is 6.54 Å².